The number of ketones is 1. The predicted molar refractivity (Wildman–Crippen MR) is 65.2 cm³/mol. The highest BCUT2D eigenvalue weighted by atomic mass is 31.2. The number of carbonyl (C=O) groups is 1. The summed E-state index contributed by atoms with van der Waals surface area (Å²) in [5.74, 6) is -4.76. The van der Waals surface area contributed by atoms with Crippen LogP contribution in [0.25, 0.3) is 0 Å². The number of unbranched alkanes of at least 4 members (excludes halogenated alkanes) is 3. The fraction of sp³-hybridized carbons (Fsp3) is 0.909. The Labute approximate surface area is 107 Å². The second-order valence-corrected chi connectivity index (χ2v) is 6.33. The van der Waals surface area contributed by atoms with Gasteiger partial charge >= 0.3 is 13.5 Å². The monoisotopic (exact) mass is 286 g/mol. The van der Waals surface area contributed by atoms with Crippen LogP contribution in [0.2, 0.25) is 0 Å². The van der Waals surface area contributed by atoms with Crippen molar-refractivity contribution in [3.63, 3.8) is 0 Å². The lowest BCUT2D eigenvalue weighted by Gasteiger charge is -2.16. The van der Waals surface area contributed by atoms with Gasteiger partial charge in [-0.05, 0) is 6.42 Å². The molecule has 0 aromatic carbocycles. The van der Waals surface area contributed by atoms with Crippen LogP contribution in [0.4, 0.5) is 8.78 Å². The fourth-order valence-corrected chi connectivity index (χ4v) is 1.70. The van der Waals surface area contributed by atoms with Crippen LogP contribution in [0.15, 0.2) is 0 Å². The number of Topliss-reactive ketones (excluding diaryl/α,β-unsaturated/α-hetero) is 1. The molecule has 0 aliphatic carbocycles. The van der Waals surface area contributed by atoms with Gasteiger partial charge in [0.05, 0.1) is 0 Å². The number of rotatable bonds is 10. The number of alkyl halides is 2. The van der Waals surface area contributed by atoms with Gasteiger partial charge in [0.25, 0.3) is 0 Å². The molecule has 1 unspecified atom stereocenters. The summed E-state index contributed by atoms with van der Waals surface area (Å²) < 4.78 is 47.0. The van der Waals surface area contributed by atoms with E-state index in [1.165, 1.54) is 0 Å². The smallest absolute Gasteiger partial charge is 0.312 e. The minimum absolute atomic E-state index is 0.292. The van der Waals surface area contributed by atoms with Crippen LogP contribution in [-0.4, -0.2) is 32.1 Å². The van der Waals surface area contributed by atoms with Crippen molar-refractivity contribution in [2.24, 2.45) is 0 Å². The first-order valence-electron chi connectivity index (χ1n) is 5.94. The SMILES string of the molecule is CCCCCCC(F)(F)C(=O)COP(C)(=O)OC. The maximum Gasteiger partial charge on any atom is 0.327 e. The molecular weight excluding hydrogens is 265 g/mol. The molecule has 18 heavy (non-hydrogen) atoms. The van der Waals surface area contributed by atoms with Crippen LogP contribution < -0.4 is 0 Å². The van der Waals surface area contributed by atoms with Gasteiger partial charge in [0, 0.05) is 20.2 Å². The van der Waals surface area contributed by atoms with Gasteiger partial charge < -0.3 is 9.05 Å². The first-order valence-corrected chi connectivity index (χ1v) is 7.93. The van der Waals surface area contributed by atoms with E-state index in [2.05, 4.69) is 9.05 Å². The zero-order valence-electron chi connectivity index (χ0n) is 11.1. The second-order valence-electron chi connectivity index (χ2n) is 4.17. The first kappa shape index (κ1) is 17.7. The average Bonchev–Trinajstić information content (AvgIpc) is 2.31. The zero-order valence-corrected chi connectivity index (χ0v) is 12.0. The summed E-state index contributed by atoms with van der Waals surface area (Å²) >= 11 is 0. The van der Waals surface area contributed by atoms with Crippen LogP contribution in [0.3, 0.4) is 0 Å². The highest BCUT2D eigenvalue weighted by molar-refractivity contribution is 7.52. The highest BCUT2D eigenvalue weighted by Gasteiger charge is 2.38. The molecule has 108 valence electrons. The molecule has 0 aromatic rings. The first-order chi connectivity index (χ1) is 8.25. The predicted octanol–water partition coefficient (Wildman–Crippen LogP) is 3.65. The molecular formula is C11H21F2O4P. The Bertz CT molecular complexity index is 307. The minimum atomic E-state index is -3.42. The molecule has 0 rings (SSSR count). The summed E-state index contributed by atoms with van der Waals surface area (Å²) in [7, 11) is -2.25. The molecule has 4 nitrogen and oxygen atoms in total. The van der Waals surface area contributed by atoms with Gasteiger partial charge in [-0.3, -0.25) is 9.36 Å². The largest absolute Gasteiger partial charge is 0.327 e. The third-order valence-electron chi connectivity index (χ3n) is 2.51. The minimum Gasteiger partial charge on any atom is -0.312 e. The summed E-state index contributed by atoms with van der Waals surface area (Å²) in [6.07, 6.45) is 2.28. The van der Waals surface area contributed by atoms with Crippen LogP contribution in [0.5, 0.6) is 0 Å². The summed E-state index contributed by atoms with van der Waals surface area (Å²) in [6, 6.07) is 0. The zero-order chi connectivity index (χ0) is 14.2. The number of carbonyl (C=O) groups excluding carboxylic acids is 1. The van der Waals surface area contributed by atoms with E-state index in [1.54, 1.807) is 0 Å². The molecule has 0 N–H and O–H groups in total. The van der Waals surface area contributed by atoms with Crippen LogP contribution >= 0.6 is 7.60 Å². The maximum atomic E-state index is 13.4. The lowest BCUT2D eigenvalue weighted by Crippen LogP contribution is -2.31. The maximum absolute atomic E-state index is 13.4. The molecule has 0 saturated carbocycles. The van der Waals surface area contributed by atoms with Gasteiger partial charge in [-0.1, -0.05) is 26.2 Å². The molecule has 0 bridgehead atoms. The number of hydrogen-bond donors (Lipinski definition) is 0. The van der Waals surface area contributed by atoms with Crippen molar-refractivity contribution in [2.75, 3.05) is 20.4 Å². The van der Waals surface area contributed by atoms with Crippen LogP contribution in [0, 0.1) is 0 Å². The standard InChI is InChI=1S/C11H21F2O4P/c1-4-5-6-7-8-11(12,13)10(14)9-17-18(3,15)16-2/h4-9H2,1-3H3. The van der Waals surface area contributed by atoms with Gasteiger partial charge in [-0.15, -0.1) is 0 Å². The van der Waals surface area contributed by atoms with Crippen LogP contribution in [0.1, 0.15) is 39.0 Å². The molecule has 1 atom stereocenters. The summed E-state index contributed by atoms with van der Waals surface area (Å²) in [5, 5.41) is 0. The Hall–Kier alpha value is -0.320. The highest BCUT2D eigenvalue weighted by Crippen LogP contribution is 2.42. The number of hydrogen-bond acceptors (Lipinski definition) is 4. The summed E-state index contributed by atoms with van der Waals surface area (Å²) in [6.45, 7) is 2.21. The normalized spacial score (nSPS) is 15.4. The molecule has 0 amide bonds. The van der Waals surface area contributed by atoms with Crippen LogP contribution in [-0.2, 0) is 18.4 Å². The van der Waals surface area contributed by atoms with E-state index in [9.17, 15) is 18.1 Å². The third-order valence-corrected chi connectivity index (χ3v) is 3.78. The Balaban J connectivity index is 4.10. The molecule has 0 aliphatic heterocycles. The number of halogens is 2. The molecule has 0 radical (unpaired) electrons. The van der Waals surface area contributed by atoms with Gasteiger partial charge in [0.1, 0.15) is 6.61 Å². The summed E-state index contributed by atoms with van der Waals surface area (Å²) in [5.41, 5.74) is 0. The Morgan fingerprint density at radius 3 is 2.39 bits per heavy atom. The molecule has 0 heterocycles. The Kier molecular flexibility index (Phi) is 7.83. The van der Waals surface area contributed by atoms with E-state index >= 15 is 0 Å². The molecule has 7 heteroatoms. The fourth-order valence-electron chi connectivity index (χ4n) is 1.25. The molecule has 0 saturated heterocycles. The Morgan fingerprint density at radius 2 is 1.89 bits per heavy atom. The average molecular weight is 286 g/mol. The lowest BCUT2D eigenvalue weighted by atomic mass is 10.1. The quantitative estimate of drug-likeness (QED) is 0.454. The van der Waals surface area contributed by atoms with Crippen molar-refractivity contribution >= 4 is 13.4 Å². The van der Waals surface area contributed by atoms with Gasteiger partial charge in [-0.2, -0.15) is 8.78 Å². The van der Waals surface area contributed by atoms with Crippen molar-refractivity contribution < 1.29 is 27.2 Å². The van der Waals surface area contributed by atoms with E-state index in [0.29, 0.717) is 12.8 Å². The second kappa shape index (κ2) is 7.97. The topological polar surface area (TPSA) is 52.6 Å². The van der Waals surface area contributed by atoms with Crippen molar-refractivity contribution in [3.05, 3.63) is 0 Å². The summed E-state index contributed by atoms with van der Waals surface area (Å²) in [4.78, 5) is 11.2. The van der Waals surface area contributed by atoms with Crippen molar-refractivity contribution in [1.82, 2.24) is 0 Å². The molecule has 0 fully saturated rings. The lowest BCUT2D eigenvalue weighted by molar-refractivity contribution is -0.146. The Morgan fingerprint density at radius 1 is 1.28 bits per heavy atom. The molecule has 0 aliphatic rings. The van der Waals surface area contributed by atoms with Gasteiger partial charge in [0.15, 0.2) is 0 Å². The van der Waals surface area contributed by atoms with E-state index in [-0.39, 0.29) is 0 Å². The van der Waals surface area contributed by atoms with E-state index in [4.69, 9.17) is 0 Å². The van der Waals surface area contributed by atoms with Crippen molar-refractivity contribution in [3.8, 4) is 0 Å². The molecule has 0 spiro atoms. The van der Waals surface area contributed by atoms with E-state index < -0.39 is 32.3 Å². The van der Waals surface area contributed by atoms with Crippen molar-refractivity contribution in [2.45, 2.75) is 45.0 Å². The van der Waals surface area contributed by atoms with Gasteiger partial charge in [0.2, 0.25) is 5.78 Å². The van der Waals surface area contributed by atoms with E-state index in [0.717, 1.165) is 26.6 Å². The third kappa shape index (κ3) is 7.19. The van der Waals surface area contributed by atoms with Crippen molar-refractivity contribution in [1.29, 1.82) is 0 Å². The van der Waals surface area contributed by atoms with E-state index in [1.807, 2.05) is 6.92 Å². The molecule has 0 aromatic heterocycles. The van der Waals surface area contributed by atoms with Gasteiger partial charge in [-0.25, -0.2) is 0 Å².